The van der Waals surface area contributed by atoms with E-state index in [0.29, 0.717) is 5.56 Å². The van der Waals surface area contributed by atoms with Crippen LogP contribution in [-0.4, -0.2) is 22.4 Å². The third kappa shape index (κ3) is 3.00. The molecule has 0 atom stereocenters. The van der Waals surface area contributed by atoms with Crippen molar-refractivity contribution >= 4 is 28.5 Å². The van der Waals surface area contributed by atoms with Gasteiger partial charge in [-0.15, -0.1) is 0 Å². The van der Waals surface area contributed by atoms with E-state index in [4.69, 9.17) is 5.73 Å². The second kappa shape index (κ2) is 4.41. The van der Waals surface area contributed by atoms with Crippen LogP contribution < -0.4 is 11.1 Å². The first-order valence-electron chi connectivity index (χ1n) is 5.36. The summed E-state index contributed by atoms with van der Waals surface area (Å²) in [4.78, 5) is 15.5. The van der Waals surface area contributed by atoms with Gasteiger partial charge in [-0.05, 0) is 38.1 Å². The average Bonchev–Trinajstić information content (AvgIpc) is 2.59. The molecule has 0 aliphatic carbocycles. The van der Waals surface area contributed by atoms with E-state index < -0.39 is 5.91 Å². The van der Waals surface area contributed by atoms with Gasteiger partial charge in [-0.25, -0.2) is 0 Å². The van der Waals surface area contributed by atoms with Crippen LogP contribution >= 0.6 is 11.8 Å². The Morgan fingerprint density at radius 1 is 1.41 bits per heavy atom. The Bertz CT molecular complexity index is 465. The number of benzene rings is 1. The molecule has 0 saturated heterocycles. The molecule has 1 heterocycles. The highest BCUT2D eigenvalue weighted by molar-refractivity contribution is 8.14. The molecule has 1 aromatic rings. The number of primary amides is 1. The number of amides is 1. The number of aliphatic imine (C=N–C) groups is 1. The van der Waals surface area contributed by atoms with Crippen LogP contribution in [0.4, 0.5) is 5.69 Å². The number of nitrogens with one attached hydrogen (secondary N) is 1. The second-order valence-electron chi connectivity index (χ2n) is 4.58. The van der Waals surface area contributed by atoms with Gasteiger partial charge in [0.1, 0.15) is 0 Å². The lowest BCUT2D eigenvalue weighted by Crippen LogP contribution is -2.15. The number of thioether (sulfide) groups is 1. The number of nitrogens with two attached hydrogens (primary N) is 1. The van der Waals surface area contributed by atoms with Crippen LogP contribution in [0.15, 0.2) is 29.3 Å². The maximum atomic E-state index is 10.9. The van der Waals surface area contributed by atoms with E-state index in [1.54, 1.807) is 23.9 Å². The average molecular weight is 249 g/mol. The Morgan fingerprint density at radius 3 is 2.53 bits per heavy atom. The maximum Gasteiger partial charge on any atom is 0.248 e. The molecule has 0 aromatic heterocycles. The van der Waals surface area contributed by atoms with E-state index in [1.807, 2.05) is 12.1 Å². The zero-order valence-electron chi connectivity index (χ0n) is 9.86. The Balaban J connectivity index is 2.08. The van der Waals surface area contributed by atoms with Gasteiger partial charge in [0.05, 0.1) is 5.54 Å². The molecule has 1 aromatic carbocycles. The molecular weight excluding hydrogens is 234 g/mol. The Hall–Kier alpha value is -1.49. The molecule has 5 heteroatoms. The number of anilines is 1. The van der Waals surface area contributed by atoms with E-state index in [1.165, 1.54) is 0 Å². The van der Waals surface area contributed by atoms with Gasteiger partial charge >= 0.3 is 0 Å². The van der Waals surface area contributed by atoms with Gasteiger partial charge in [0.15, 0.2) is 5.17 Å². The molecule has 1 aliphatic heterocycles. The van der Waals surface area contributed by atoms with Crippen LogP contribution in [-0.2, 0) is 0 Å². The van der Waals surface area contributed by atoms with E-state index in [0.717, 1.165) is 16.6 Å². The van der Waals surface area contributed by atoms with Crippen LogP contribution in [0.2, 0.25) is 0 Å². The summed E-state index contributed by atoms with van der Waals surface area (Å²) >= 11 is 1.70. The van der Waals surface area contributed by atoms with E-state index >= 15 is 0 Å². The van der Waals surface area contributed by atoms with Gasteiger partial charge in [-0.2, -0.15) is 0 Å². The molecule has 0 radical (unpaired) electrons. The molecular formula is C12H15N3OS. The summed E-state index contributed by atoms with van der Waals surface area (Å²) < 4.78 is 0. The first kappa shape index (κ1) is 12.0. The number of hydrogen-bond acceptors (Lipinski definition) is 4. The van der Waals surface area contributed by atoms with Crippen molar-refractivity contribution in [3.05, 3.63) is 29.8 Å². The van der Waals surface area contributed by atoms with E-state index in [2.05, 4.69) is 24.2 Å². The number of hydrogen-bond donors (Lipinski definition) is 2. The van der Waals surface area contributed by atoms with Gasteiger partial charge in [-0.1, -0.05) is 11.8 Å². The molecule has 4 nitrogen and oxygen atoms in total. The van der Waals surface area contributed by atoms with Gasteiger partial charge in [-0.3, -0.25) is 9.79 Å². The van der Waals surface area contributed by atoms with Crippen molar-refractivity contribution < 1.29 is 4.79 Å². The SMILES string of the molecule is CC1(C)CSC(Nc2ccc(C(N)=O)cc2)=N1. The zero-order chi connectivity index (χ0) is 12.5. The number of carbonyl (C=O) groups excluding carboxylic acids is 1. The Kier molecular flexibility index (Phi) is 3.11. The molecule has 3 N–H and O–H groups in total. The summed E-state index contributed by atoms with van der Waals surface area (Å²) in [6.07, 6.45) is 0. The molecule has 0 unspecified atom stereocenters. The lowest BCUT2D eigenvalue weighted by Gasteiger charge is -2.09. The zero-order valence-corrected chi connectivity index (χ0v) is 10.7. The van der Waals surface area contributed by atoms with Gasteiger partial charge in [0.25, 0.3) is 0 Å². The predicted octanol–water partition coefficient (Wildman–Crippen LogP) is 2.08. The predicted molar refractivity (Wildman–Crippen MR) is 72.6 cm³/mol. The van der Waals surface area contributed by atoms with Crippen LogP contribution in [0.5, 0.6) is 0 Å². The van der Waals surface area contributed by atoms with Crippen molar-refractivity contribution in [2.75, 3.05) is 11.1 Å². The van der Waals surface area contributed by atoms with Crippen molar-refractivity contribution in [2.24, 2.45) is 10.7 Å². The van der Waals surface area contributed by atoms with Crippen LogP contribution in [0.1, 0.15) is 24.2 Å². The van der Waals surface area contributed by atoms with Gasteiger partial charge < -0.3 is 11.1 Å². The van der Waals surface area contributed by atoms with Gasteiger partial charge in [0, 0.05) is 17.0 Å². The van der Waals surface area contributed by atoms with Crippen LogP contribution in [0.3, 0.4) is 0 Å². The fourth-order valence-electron chi connectivity index (χ4n) is 1.49. The molecule has 0 bridgehead atoms. The smallest absolute Gasteiger partial charge is 0.248 e. The number of amidine groups is 1. The van der Waals surface area contributed by atoms with Crippen LogP contribution in [0.25, 0.3) is 0 Å². The lowest BCUT2D eigenvalue weighted by atomic mass is 10.1. The minimum Gasteiger partial charge on any atom is -0.366 e. The number of nitrogens with zero attached hydrogens (tertiary/aromatic N) is 1. The molecule has 1 amide bonds. The van der Waals surface area contributed by atoms with Crippen molar-refractivity contribution in [1.29, 1.82) is 0 Å². The first-order valence-corrected chi connectivity index (χ1v) is 6.34. The summed E-state index contributed by atoms with van der Waals surface area (Å²) in [5, 5.41) is 4.14. The van der Waals surface area contributed by atoms with E-state index in [9.17, 15) is 4.79 Å². The molecule has 0 fully saturated rings. The molecule has 1 aliphatic rings. The first-order chi connectivity index (χ1) is 7.96. The minimum atomic E-state index is -0.412. The number of carbonyl (C=O) groups is 1. The Labute approximate surface area is 105 Å². The molecule has 0 spiro atoms. The van der Waals surface area contributed by atoms with Crippen LogP contribution in [0, 0.1) is 0 Å². The fourth-order valence-corrected chi connectivity index (χ4v) is 2.55. The molecule has 2 rings (SSSR count). The maximum absolute atomic E-state index is 10.9. The summed E-state index contributed by atoms with van der Waals surface area (Å²) in [5.41, 5.74) is 6.60. The second-order valence-corrected chi connectivity index (χ2v) is 5.55. The van der Waals surface area contributed by atoms with Crippen molar-refractivity contribution in [1.82, 2.24) is 0 Å². The van der Waals surface area contributed by atoms with Crippen molar-refractivity contribution in [3.63, 3.8) is 0 Å². The fraction of sp³-hybridized carbons (Fsp3) is 0.333. The Morgan fingerprint density at radius 2 is 2.06 bits per heavy atom. The third-order valence-corrected chi connectivity index (χ3v) is 3.70. The summed E-state index contributed by atoms with van der Waals surface area (Å²) in [7, 11) is 0. The molecule has 17 heavy (non-hydrogen) atoms. The topological polar surface area (TPSA) is 67.5 Å². The molecule has 90 valence electrons. The monoisotopic (exact) mass is 249 g/mol. The summed E-state index contributed by atoms with van der Waals surface area (Å²) in [6.45, 7) is 4.20. The van der Waals surface area contributed by atoms with Crippen molar-refractivity contribution in [2.45, 2.75) is 19.4 Å². The largest absolute Gasteiger partial charge is 0.366 e. The quantitative estimate of drug-likeness (QED) is 0.843. The lowest BCUT2D eigenvalue weighted by molar-refractivity contribution is 0.100. The highest BCUT2D eigenvalue weighted by Gasteiger charge is 2.25. The highest BCUT2D eigenvalue weighted by atomic mass is 32.2. The van der Waals surface area contributed by atoms with Gasteiger partial charge in [0.2, 0.25) is 5.91 Å². The summed E-state index contributed by atoms with van der Waals surface area (Å²) in [6, 6.07) is 7.06. The normalized spacial score (nSPS) is 17.6. The highest BCUT2D eigenvalue weighted by Crippen LogP contribution is 2.27. The molecule has 0 saturated carbocycles. The van der Waals surface area contributed by atoms with E-state index in [-0.39, 0.29) is 5.54 Å². The number of rotatable bonds is 2. The minimum absolute atomic E-state index is 0.000164. The standard InChI is InChI=1S/C12H15N3OS/c1-12(2)7-17-11(15-12)14-9-5-3-8(4-6-9)10(13)16/h3-6H,7H2,1-2H3,(H2,13,16)(H,14,15). The third-order valence-electron chi connectivity index (χ3n) is 2.39. The summed E-state index contributed by atoms with van der Waals surface area (Å²) in [5.74, 6) is 0.569. The van der Waals surface area contributed by atoms with Crippen molar-refractivity contribution in [3.8, 4) is 0 Å².